The molecular weight excluding hydrogens is 334 g/mol. The van der Waals surface area contributed by atoms with E-state index in [9.17, 15) is 14.7 Å². The summed E-state index contributed by atoms with van der Waals surface area (Å²) < 4.78 is 10.7. The smallest absolute Gasteiger partial charge is 0.313 e. The molecule has 2 atom stereocenters. The number of ether oxygens (including phenoxy) is 2. The first-order chi connectivity index (χ1) is 12.3. The van der Waals surface area contributed by atoms with Crippen LogP contribution in [-0.2, 0) is 9.59 Å². The average molecular weight is 363 g/mol. The molecule has 1 aromatic carbocycles. The van der Waals surface area contributed by atoms with E-state index in [-0.39, 0.29) is 41.3 Å². The Morgan fingerprint density at radius 2 is 1.54 bits per heavy atom. The number of benzene rings is 1. The molecule has 1 aliphatic heterocycles. The van der Waals surface area contributed by atoms with Gasteiger partial charge < -0.3 is 19.9 Å². The largest absolute Gasteiger partial charge is 0.426 e. The van der Waals surface area contributed by atoms with Gasteiger partial charge in [-0.05, 0) is 37.1 Å². The third-order valence-corrected chi connectivity index (χ3v) is 4.35. The summed E-state index contributed by atoms with van der Waals surface area (Å²) in [5, 5.41) is 14.0. The standard InChI is InChI=1S/C20H29NO5/c1-12(2)19(23)25-15-9-14(18(22)17-7-5-6-8-21-17)10-16(11-15)26-20(24)13(3)4/h9-13,17-18,21-22H,5-8H2,1-4H3. The first-order valence-electron chi connectivity index (χ1n) is 9.27. The zero-order chi connectivity index (χ0) is 19.3. The van der Waals surface area contributed by atoms with Crippen LogP contribution in [-0.4, -0.2) is 29.6 Å². The van der Waals surface area contributed by atoms with Gasteiger partial charge in [-0.3, -0.25) is 9.59 Å². The molecule has 0 amide bonds. The van der Waals surface area contributed by atoms with Crippen LogP contribution in [0.25, 0.3) is 0 Å². The number of carbonyl (C=O) groups is 2. The van der Waals surface area contributed by atoms with E-state index in [1.54, 1.807) is 39.8 Å². The monoisotopic (exact) mass is 363 g/mol. The summed E-state index contributed by atoms with van der Waals surface area (Å²) >= 11 is 0. The van der Waals surface area contributed by atoms with Crippen molar-refractivity contribution in [3.8, 4) is 11.5 Å². The fourth-order valence-corrected chi connectivity index (χ4v) is 2.73. The zero-order valence-corrected chi connectivity index (χ0v) is 16.0. The van der Waals surface area contributed by atoms with Crippen molar-refractivity contribution in [2.45, 2.75) is 59.1 Å². The van der Waals surface area contributed by atoms with E-state index in [0.717, 1.165) is 25.8 Å². The second kappa shape index (κ2) is 9.14. The highest BCUT2D eigenvalue weighted by Gasteiger charge is 2.24. The fraction of sp³-hybridized carbons (Fsp3) is 0.600. The van der Waals surface area contributed by atoms with Crippen LogP contribution in [0.5, 0.6) is 11.5 Å². The third-order valence-electron chi connectivity index (χ3n) is 4.35. The summed E-state index contributed by atoms with van der Waals surface area (Å²) in [6, 6.07) is 4.70. The number of aliphatic hydroxyl groups is 1. The first-order valence-corrected chi connectivity index (χ1v) is 9.27. The predicted molar refractivity (Wildman–Crippen MR) is 98.0 cm³/mol. The zero-order valence-electron chi connectivity index (χ0n) is 16.0. The molecule has 26 heavy (non-hydrogen) atoms. The molecule has 0 spiro atoms. The Morgan fingerprint density at radius 3 is 1.96 bits per heavy atom. The molecule has 0 aliphatic carbocycles. The number of aliphatic hydroxyl groups excluding tert-OH is 1. The van der Waals surface area contributed by atoms with Gasteiger partial charge in [0.2, 0.25) is 0 Å². The minimum absolute atomic E-state index is 0.0755. The van der Waals surface area contributed by atoms with Crippen LogP contribution in [0.2, 0.25) is 0 Å². The van der Waals surface area contributed by atoms with Crippen LogP contribution in [0.1, 0.15) is 58.6 Å². The van der Waals surface area contributed by atoms with E-state index >= 15 is 0 Å². The molecule has 1 aromatic rings. The van der Waals surface area contributed by atoms with Crippen molar-refractivity contribution >= 4 is 11.9 Å². The van der Waals surface area contributed by atoms with Crippen LogP contribution in [0.3, 0.4) is 0 Å². The topological polar surface area (TPSA) is 84.9 Å². The summed E-state index contributed by atoms with van der Waals surface area (Å²) in [4.78, 5) is 23.9. The van der Waals surface area contributed by atoms with Crippen molar-refractivity contribution in [1.82, 2.24) is 5.32 Å². The Hall–Kier alpha value is -1.92. The van der Waals surface area contributed by atoms with Crippen molar-refractivity contribution in [1.29, 1.82) is 0 Å². The lowest BCUT2D eigenvalue weighted by molar-refractivity contribution is -0.138. The van der Waals surface area contributed by atoms with E-state index < -0.39 is 6.10 Å². The lowest BCUT2D eigenvalue weighted by atomic mass is 9.94. The van der Waals surface area contributed by atoms with E-state index in [1.165, 1.54) is 6.07 Å². The van der Waals surface area contributed by atoms with Gasteiger partial charge in [-0.15, -0.1) is 0 Å². The summed E-state index contributed by atoms with van der Waals surface area (Å²) in [6.07, 6.45) is 2.22. The minimum atomic E-state index is -0.774. The molecule has 1 heterocycles. The molecule has 1 saturated heterocycles. The summed E-state index contributed by atoms with van der Waals surface area (Å²) in [7, 11) is 0. The molecule has 0 bridgehead atoms. The van der Waals surface area contributed by atoms with Gasteiger partial charge in [-0.2, -0.15) is 0 Å². The highest BCUT2D eigenvalue weighted by atomic mass is 16.5. The van der Waals surface area contributed by atoms with Gasteiger partial charge in [0, 0.05) is 12.1 Å². The molecule has 2 rings (SSSR count). The molecule has 2 unspecified atom stereocenters. The van der Waals surface area contributed by atoms with Gasteiger partial charge in [0.1, 0.15) is 11.5 Å². The molecule has 2 N–H and O–H groups in total. The van der Waals surface area contributed by atoms with Crippen LogP contribution in [0.15, 0.2) is 18.2 Å². The Labute approximate surface area is 154 Å². The molecule has 1 aliphatic rings. The third kappa shape index (κ3) is 5.54. The van der Waals surface area contributed by atoms with E-state index in [1.807, 2.05) is 0 Å². The van der Waals surface area contributed by atoms with Gasteiger partial charge in [-0.1, -0.05) is 34.1 Å². The maximum atomic E-state index is 11.9. The fourth-order valence-electron chi connectivity index (χ4n) is 2.73. The van der Waals surface area contributed by atoms with Crippen molar-refractivity contribution in [3.63, 3.8) is 0 Å². The normalized spacial score (nSPS) is 18.7. The molecule has 0 radical (unpaired) electrons. The Kier molecular flexibility index (Phi) is 7.17. The van der Waals surface area contributed by atoms with Crippen molar-refractivity contribution in [2.75, 3.05) is 6.54 Å². The van der Waals surface area contributed by atoms with E-state index in [4.69, 9.17) is 9.47 Å². The Bertz CT molecular complexity index is 595. The van der Waals surface area contributed by atoms with Crippen molar-refractivity contribution < 1.29 is 24.2 Å². The molecule has 0 aromatic heterocycles. The highest BCUT2D eigenvalue weighted by molar-refractivity contribution is 5.76. The lowest BCUT2D eigenvalue weighted by Crippen LogP contribution is -2.38. The van der Waals surface area contributed by atoms with E-state index in [2.05, 4.69) is 5.32 Å². The highest BCUT2D eigenvalue weighted by Crippen LogP contribution is 2.31. The average Bonchev–Trinajstić information content (AvgIpc) is 2.61. The van der Waals surface area contributed by atoms with E-state index in [0.29, 0.717) is 5.56 Å². The van der Waals surface area contributed by atoms with Gasteiger partial charge in [0.25, 0.3) is 0 Å². The SMILES string of the molecule is CC(C)C(=O)Oc1cc(OC(=O)C(C)C)cc(C(O)C2CCCCN2)c1. The van der Waals surface area contributed by atoms with Crippen LogP contribution >= 0.6 is 0 Å². The molecule has 144 valence electrons. The first kappa shape index (κ1) is 20.4. The second-order valence-electron chi connectivity index (χ2n) is 7.39. The number of carbonyl (C=O) groups excluding carboxylic acids is 2. The number of esters is 2. The van der Waals surface area contributed by atoms with Gasteiger partial charge in [-0.25, -0.2) is 0 Å². The van der Waals surface area contributed by atoms with Crippen LogP contribution in [0, 0.1) is 11.8 Å². The van der Waals surface area contributed by atoms with Gasteiger partial charge >= 0.3 is 11.9 Å². The number of hydrogen-bond donors (Lipinski definition) is 2. The number of rotatable bonds is 6. The van der Waals surface area contributed by atoms with Crippen molar-refractivity contribution in [3.05, 3.63) is 23.8 Å². The molecule has 1 fully saturated rings. The quantitative estimate of drug-likeness (QED) is 0.597. The number of nitrogens with one attached hydrogen (secondary N) is 1. The van der Waals surface area contributed by atoms with Crippen molar-refractivity contribution in [2.24, 2.45) is 11.8 Å². The van der Waals surface area contributed by atoms with Crippen LogP contribution in [0.4, 0.5) is 0 Å². The molecular formula is C20H29NO5. The maximum Gasteiger partial charge on any atom is 0.313 e. The summed E-state index contributed by atoms with van der Waals surface area (Å²) in [5.74, 6) is -0.803. The summed E-state index contributed by atoms with van der Waals surface area (Å²) in [5.41, 5.74) is 0.560. The lowest BCUT2D eigenvalue weighted by Gasteiger charge is -2.28. The Balaban J connectivity index is 2.29. The Morgan fingerprint density at radius 1 is 1.00 bits per heavy atom. The second-order valence-corrected chi connectivity index (χ2v) is 7.39. The predicted octanol–water partition coefficient (Wildman–Crippen LogP) is 2.98. The number of piperidine rings is 1. The van der Waals surface area contributed by atoms with Gasteiger partial charge in [0.05, 0.1) is 17.9 Å². The molecule has 0 saturated carbocycles. The molecule has 6 heteroatoms. The number of hydrogen-bond acceptors (Lipinski definition) is 6. The molecule has 6 nitrogen and oxygen atoms in total. The summed E-state index contributed by atoms with van der Waals surface area (Å²) in [6.45, 7) is 7.83. The maximum absolute atomic E-state index is 11.9. The van der Waals surface area contributed by atoms with Crippen LogP contribution < -0.4 is 14.8 Å². The van der Waals surface area contributed by atoms with Gasteiger partial charge in [0.15, 0.2) is 0 Å². The minimum Gasteiger partial charge on any atom is -0.426 e.